The molecule has 0 spiro atoms. The fourth-order valence-electron chi connectivity index (χ4n) is 2.01. The molecule has 0 unspecified atom stereocenters. The quantitative estimate of drug-likeness (QED) is 0.749. The Balaban J connectivity index is 2.08. The summed E-state index contributed by atoms with van der Waals surface area (Å²) in [4.78, 5) is 4.10. The fourth-order valence-corrected chi connectivity index (χ4v) is 2.01. The number of aromatic nitrogens is 1. The lowest BCUT2D eigenvalue weighted by atomic mass is 10.1. The monoisotopic (exact) mass is 274 g/mol. The van der Waals surface area contributed by atoms with Crippen molar-refractivity contribution >= 4 is 22.3 Å². The highest BCUT2D eigenvalue weighted by Gasteiger charge is 2.06. The molecule has 0 atom stereocenters. The molecular formula is C15H9F3N2. The van der Waals surface area contributed by atoms with Crippen LogP contribution in [0.1, 0.15) is 0 Å². The van der Waals surface area contributed by atoms with Gasteiger partial charge in [-0.1, -0.05) is 0 Å². The smallest absolute Gasteiger partial charge is 0.128 e. The van der Waals surface area contributed by atoms with Gasteiger partial charge in [0.1, 0.15) is 17.5 Å². The van der Waals surface area contributed by atoms with Gasteiger partial charge in [0.2, 0.25) is 0 Å². The molecule has 3 rings (SSSR count). The van der Waals surface area contributed by atoms with E-state index in [0.29, 0.717) is 16.6 Å². The van der Waals surface area contributed by atoms with Crippen LogP contribution in [0.2, 0.25) is 0 Å². The van der Waals surface area contributed by atoms with E-state index in [1.807, 2.05) is 0 Å². The van der Waals surface area contributed by atoms with Gasteiger partial charge in [-0.2, -0.15) is 0 Å². The second-order valence-electron chi connectivity index (χ2n) is 4.30. The van der Waals surface area contributed by atoms with Gasteiger partial charge in [0.25, 0.3) is 0 Å². The molecule has 2 aromatic carbocycles. The van der Waals surface area contributed by atoms with Crippen molar-refractivity contribution in [2.24, 2.45) is 0 Å². The van der Waals surface area contributed by atoms with Gasteiger partial charge in [0.05, 0.1) is 5.52 Å². The van der Waals surface area contributed by atoms with Crippen LogP contribution < -0.4 is 5.32 Å². The van der Waals surface area contributed by atoms with Crippen LogP contribution in [0.4, 0.5) is 24.5 Å². The maximum absolute atomic E-state index is 13.3. The topological polar surface area (TPSA) is 24.9 Å². The maximum atomic E-state index is 13.3. The summed E-state index contributed by atoms with van der Waals surface area (Å²) in [5, 5.41) is 3.41. The molecule has 0 saturated carbocycles. The summed E-state index contributed by atoms with van der Waals surface area (Å²) < 4.78 is 39.6. The van der Waals surface area contributed by atoms with E-state index in [1.165, 1.54) is 18.3 Å². The van der Waals surface area contributed by atoms with E-state index < -0.39 is 17.5 Å². The number of benzene rings is 2. The standard InChI is InChI=1S/C15H9F3N2/c16-9-1-2-14-13(8-9)15(3-4-19-14)20-12-6-10(17)5-11(18)7-12/h1-8H,(H,19,20). The average Bonchev–Trinajstić information content (AvgIpc) is 2.38. The van der Waals surface area contributed by atoms with E-state index in [9.17, 15) is 13.2 Å². The van der Waals surface area contributed by atoms with Gasteiger partial charge in [-0.15, -0.1) is 0 Å². The largest absolute Gasteiger partial charge is 0.355 e. The number of rotatable bonds is 2. The first-order chi connectivity index (χ1) is 9.61. The van der Waals surface area contributed by atoms with Crippen molar-refractivity contribution in [1.29, 1.82) is 0 Å². The zero-order chi connectivity index (χ0) is 14.1. The first-order valence-corrected chi connectivity index (χ1v) is 5.89. The first-order valence-electron chi connectivity index (χ1n) is 5.89. The Bertz CT molecular complexity index is 767. The molecule has 0 fully saturated rings. The van der Waals surface area contributed by atoms with Gasteiger partial charge in [-0.3, -0.25) is 4.98 Å². The van der Waals surface area contributed by atoms with Gasteiger partial charge in [-0.05, 0) is 36.4 Å². The van der Waals surface area contributed by atoms with E-state index in [4.69, 9.17) is 0 Å². The molecule has 5 heteroatoms. The summed E-state index contributed by atoms with van der Waals surface area (Å²) in [5.41, 5.74) is 1.37. The van der Waals surface area contributed by atoms with Gasteiger partial charge in [0, 0.05) is 29.0 Å². The van der Waals surface area contributed by atoms with Crippen molar-refractivity contribution < 1.29 is 13.2 Å². The number of hydrogen-bond donors (Lipinski definition) is 1. The molecule has 100 valence electrons. The van der Waals surface area contributed by atoms with Crippen LogP contribution in [-0.2, 0) is 0 Å². The summed E-state index contributed by atoms with van der Waals surface area (Å²) in [5.74, 6) is -1.77. The zero-order valence-electron chi connectivity index (χ0n) is 10.2. The number of nitrogens with one attached hydrogen (secondary N) is 1. The van der Waals surface area contributed by atoms with Gasteiger partial charge >= 0.3 is 0 Å². The highest BCUT2D eigenvalue weighted by atomic mass is 19.1. The molecule has 0 radical (unpaired) electrons. The first kappa shape index (κ1) is 12.5. The molecule has 1 N–H and O–H groups in total. The SMILES string of the molecule is Fc1cc(F)cc(Nc2ccnc3ccc(F)cc23)c1. The minimum atomic E-state index is -0.683. The molecule has 0 saturated heterocycles. The van der Waals surface area contributed by atoms with Crippen LogP contribution in [0.5, 0.6) is 0 Å². The molecule has 2 nitrogen and oxygen atoms in total. The second kappa shape index (κ2) is 4.85. The van der Waals surface area contributed by atoms with Gasteiger partial charge in [-0.25, -0.2) is 13.2 Å². The van der Waals surface area contributed by atoms with Crippen molar-refractivity contribution in [3.8, 4) is 0 Å². The number of pyridine rings is 1. The number of anilines is 2. The molecule has 3 aromatic rings. The Hall–Kier alpha value is -2.56. The summed E-state index contributed by atoms with van der Waals surface area (Å²) in [6.45, 7) is 0. The molecule has 0 amide bonds. The van der Waals surface area contributed by atoms with Crippen molar-refractivity contribution in [3.63, 3.8) is 0 Å². The summed E-state index contributed by atoms with van der Waals surface area (Å²) in [6, 6.07) is 8.90. The van der Waals surface area contributed by atoms with Crippen LogP contribution in [0.25, 0.3) is 10.9 Å². The van der Waals surface area contributed by atoms with E-state index in [0.717, 1.165) is 18.2 Å². The lowest BCUT2D eigenvalue weighted by molar-refractivity contribution is 0.584. The Labute approximate surface area is 112 Å². The second-order valence-corrected chi connectivity index (χ2v) is 4.30. The van der Waals surface area contributed by atoms with E-state index >= 15 is 0 Å². The number of halogens is 3. The van der Waals surface area contributed by atoms with Crippen molar-refractivity contribution in [2.45, 2.75) is 0 Å². The van der Waals surface area contributed by atoms with Crippen molar-refractivity contribution in [2.75, 3.05) is 5.32 Å². The third kappa shape index (κ3) is 2.42. The lowest BCUT2D eigenvalue weighted by Crippen LogP contribution is -1.94. The van der Waals surface area contributed by atoms with Crippen LogP contribution in [0.15, 0.2) is 48.7 Å². The van der Waals surface area contributed by atoms with Gasteiger partial charge in [0.15, 0.2) is 0 Å². The molecule has 0 aliphatic heterocycles. The van der Waals surface area contributed by atoms with E-state index in [2.05, 4.69) is 10.3 Å². The third-order valence-electron chi connectivity index (χ3n) is 2.85. The van der Waals surface area contributed by atoms with Crippen molar-refractivity contribution in [3.05, 3.63) is 66.1 Å². The maximum Gasteiger partial charge on any atom is 0.128 e. The summed E-state index contributed by atoms with van der Waals surface area (Å²) in [7, 11) is 0. The molecule has 1 aromatic heterocycles. The van der Waals surface area contributed by atoms with Gasteiger partial charge < -0.3 is 5.32 Å². The molecular weight excluding hydrogens is 265 g/mol. The van der Waals surface area contributed by atoms with E-state index in [1.54, 1.807) is 12.1 Å². The van der Waals surface area contributed by atoms with Crippen LogP contribution in [0.3, 0.4) is 0 Å². The Morgan fingerprint density at radius 1 is 0.800 bits per heavy atom. The van der Waals surface area contributed by atoms with Crippen LogP contribution in [-0.4, -0.2) is 4.98 Å². The predicted molar refractivity (Wildman–Crippen MR) is 71.3 cm³/mol. The highest BCUT2D eigenvalue weighted by Crippen LogP contribution is 2.26. The third-order valence-corrected chi connectivity index (χ3v) is 2.85. The molecule has 0 aliphatic rings. The van der Waals surface area contributed by atoms with Crippen molar-refractivity contribution in [1.82, 2.24) is 4.98 Å². The normalized spacial score (nSPS) is 10.8. The Kier molecular flexibility index (Phi) is 3.02. The molecule has 1 heterocycles. The predicted octanol–water partition coefficient (Wildman–Crippen LogP) is 4.40. The molecule has 0 aliphatic carbocycles. The zero-order valence-corrected chi connectivity index (χ0v) is 10.2. The molecule has 20 heavy (non-hydrogen) atoms. The van der Waals surface area contributed by atoms with Crippen LogP contribution >= 0.6 is 0 Å². The number of nitrogens with zero attached hydrogens (tertiary/aromatic N) is 1. The lowest BCUT2D eigenvalue weighted by Gasteiger charge is -2.09. The number of hydrogen-bond acceptors (Lipinski definition) is 2. The Morgan fingerprint density at radius 2 is 1.55 bits per heavy atom. The summed E-state index contributed by atoms with van der Waals surface area (Å²) in [6.07, 6.45) is 1.54. The molecule has 0 bridgehead atoms. The average molecular weight is 274 g/mol. The highest BCUT2D eigenvalue weighted by molar-refractivity contribution is 5.92. The van der Waals surface area contributed by atoms with Crippen LogP contribution in [0, 0.1) is 17.5 Å². The Morgan fingerprint density at radius 3 is 2.30 bits per heavy atom. The minimum absolute atomic E-state index is 0.249. The minimum Gasteiger partial charge on any atom is -0.355 e. The summed E-state index contributed by atoms with van der Waals surface area (Å²) >= 11 is 0. The fraction of sp³-hybridized carbons (Fsp3) is 0. The number of fused-ring (bicyclic) bond motifs is 1. The van der Waals surface area contributed by atoms with E-state index in [-0.39, 0.29) is 5.69 Å².